The number of likely N-dealkylation sites (tertiary alicyclic amines) is 1. The summed E-state index contributed by atoms with van der Waals surface area (Å²) in [5, 5.41) is 3.17. The molecule has 1 aromatic carbocycles. The Balaban J connectivity index is 1.57. The Hall–Kier alpha value is -1.53. The number of piperidine rings is 1. The number of carbonyl (C=O) groups excluding carboxylic acids is 2. The lowest BCUT2D eigenvalue weighted by Crippen LogP contribution is -2.45. The van der Waals surface area contributed by atoms with Crippen LogP contribution in [0.2, 0.25) is 0 Å². The highest BCUT2D eigenvalue weighted by Crippen LogP contribution is 2.26. The third-order valence-electron chi connectivity index (χ3n) is 6.00. The normalized spacial score (nSPS) is 19.2. The van der Waals surface area contributed by atoms with Crippen molar-refractivity contribution in [1.29, 1.82) is 0 Å². The number of amides is 2. The molecule has 6 heteroatoms. The maximum Gasteiger partial charge on any atom is 0.227 e. The summed E-state index contributed by atoms with van der Waals surface area (Å²) in [7, 11) is 0. The Morgan fingerprint density at radius 2 is 1.76 bits per heavy atom. The molecule has 0 bridgehead atoms. The minimum atomic E-state index is -0.361. The van der Waals surface area contributed by atoms with Crippen LogP contribution in [0.5, 0.6) is 0 Å². The molecule has 2 heterocycles. The van der Waals surface area contributed by atoms with E-state index >= 15 is 0 Å². The summed E-state index contributed by atoms with van der Waals surface area (Å²) < 4.78 is 0. The van der Waals surface area contributed by atoms with E-state index in [2.05, 4.69) is 23.2 Å². The van der Waals surface area contributed by atoms with Crippen LogP contribution in [0.15, 0.2) is 18.2 Å². The molecule has 29 heavy (non-hydrogen) atoms. The lowest BCUT2D eigenvalue weighted by Gasteiger charge is -2.35. The first-order chi connectivity index (χ1) is 13.8. The number of nitrogens with one attached hydrogen (secondary N) is 1. The molecule has 1 N–H and O–H groups in total. The largest absolute Gasteiger partial charge is 0.342 e. The van der Waals surface area contributed by atoms with Crippen LogP contribution >= 0.6 is 11.8 Å². The summed E-state index contributed by atoms with van der Waals surface area (Å²) >= 11 is 2.02. The van der Waals surface area contributed by atoms with Crippen molar-refractivity contribution in [3.8, 4) is 0 Å². The minimum Gasteiger partial charge on any atom is -0.342 e. The van der Waals surface area contributed by atoms with Crippen molar-refractivity contribution in [2.75, 3.05) is 43.0 Å². The van der Waals surface area contributed by atoms with E-state index in [1.165, 1.54) is 22.6 Å². The van der Waals surface area contributed by atoms with Gasteiger partial charge in [-0.15, -0.1) is 0 Å². The Morgan fingerprint density at radius 3 is 2.38 bits per heavy atom. The summed E-state index contributed by atoms with van der Waals surface area (Å²) in [6.45, 7) is 12.5. The second-order valence-corrected chi connectivity index (χ2v) is 10.5. The van der Waals surface area contributed by atoms with Crippen LogP contribution in [-0.4, -0.2) is 59.3 Å². The number of benzene rings is 1. The van der Waals surface area contributed by atoms with Crippen molar-refractivity contribution in [2.24, 2.45) is 11.3 Å². The van der Waals surface area contributed by atoms with Crippen LogP contribution in [-0.2, 0) is 16.1 Å². The van der Waals surface area contributed by atoms with Crippen molar-refractivity contribution in [2.45, 2.75) is 47.1 Å². The van der Waals surface area contributed by atoms with Crippen molar-refractivity contribution >= 4 is 29.3 Å². The number of thioether (sulfide) groups is 1. The van der Waals surface area contributed by atoms with Gasteiger partial charge in [-0.3, -0.25) is 14.5 Å². The van der Waals surface area contributed by atoms with Gasteiger partial charge < -0.3 is 10.2 Å². The van der Waals surface area contributed by atoms with Crippen molar-refractivity contribution in [3.63, 3.8) is 0 Å². The molecule has 0 aliphatic carbocycles. The lowest BCUT2D eigenvalue weighted by atomic mass is 9.90. The van der Waals surface area contributed by atoms with Crippen LogP contribution in [0.3, 0.4) is 0 Å². The molecule has 2 aliphatic rings. The third-order valence-corrected chi connectivity index (χ3v) is 6.94. The monoisotopic (exact) mass is 417 g/mol. The highest BCUT2D eigenvalue weighted by atomic mass is 32.2. The smallest absolute Gasteiger partial charge is 0.227 e. The zero-order valence-electron chi connectivity index (χ0n) is 18.3. The van der Waals surface area contributed by atoms with Crippen LogP contribution < -0.4 is 5.32 Å². The molecular formula is C23H35N3O2S. The molecule has 2 fully saturated rings. The van der Waals surface area contributed by atoms with Crippen molar-refractivity contribution in [3.05, 3.63) is 29.3 Å². The molecule has 2 aliphatic heterocycles. The van der Waals surface area contributed by atoms with E-state index in [0.717, 1.165) is 38.2 Å². The predicted octanol–water partition coefficient (Wildman–Crippen LogP) is 3.77. The van der Waals surface area contributed by atoms with E-state index in [9.17, 15) is 9.59 Å². The fourth-order valence-corrected chi connectivity index (χ4v) is 5.02. The van der Waals surface area contributed by atoms with Crippen molar-refractivity contribution < 1.29 is 9.59 Å². The standard InChI is InChI=1S/C23H35N3O2S/c1-17-19(16-25-12-14-29-15-13-25)6-5-7-20(17)24-21(27)18-8-10-26(11-9-18)22(28)23(2,3)4/h5-7,18H,8-16H2,1-4H3,(H,24,27). The molecule has 160 valence electrons. The summed E-state index contributed by atoms with van der Waals surface area (Å²) in [6, 6.07) is 6.21. The van der Waals surface area contributed by atoms with E-state index in [4.69, 9.17) is 0 Å². The summed E-state index contributed by atoms with van der Waals surface area (Å²) in [6.07, 6.45) is 1.47. The zero-order chi connectivity index (χ0) is 21.0. The molecule has 1 aromatic rings. The Kier molecular flexibility index (Phi) is 7.28. The Bertz CT molecular complexity index is 730. The molecule has 0 aromatic heterocycles. The molecule has 0 radical (unpaired) electrons. The number of hydrogen-bond acceptors (Lipinski definition) is 4. The average molecular weight is 418 g/mol. The summed E-state index contributed by atoms with van der Waals surface area (Å²) in [4.78, 5) is 29.7. The van der Waals surface area contributed by atoms with E-state index in [-0.39, 0.29) is 23.1 Å². The van der Waals surface area contributed by atoms with Gasteiger partial charge in [-0.2, -0.15) is 11.8 Å². The molecule has 0 atom stereocenters. The first-order valence-corrected chi connectivity index (χ1v) is 11.9. The zero-order valence-corrected chi connectivity index (χ0v) is 19.1. The first-order valence-electron chi connectivity index (χ1n) is 10.7. The fraction of sp³-hybridized carbons (Fsp3) is 0.652. The van der Waals surface area contributed by atoms with Gasteiger partial charge >= 0.3 is 0 Å². The maximum absolute atomic E-state index is 12.9. The predicted molar refractivity (Wildman–Crippen MR) is 121 cm³/mol. The van der Waals surface area contributed by atoms with E-state index in [1.54, 1.807) is 0 Å². The number of anilines is 1. The first kappa shape index (κ1) is 22.2. The highest BCUT2D eigenvalue weighted by molar-refractivity contribution is 7.99. The molecule has 0 saturated carbocycles. The molecule has 5 nitrogen and oxygen atoms in total. The molecular weight excluding hydrogens is 382 g/mol. The number of hydrogen-bond donors (Lipinski definition) is 1. The van der Waals surface area contributed by atoms with Crippen LogP contribution in [0, 0.1) is 18.3 Å². The quantitative estimate of drug-likeness (QED) is 0.810. The third kappa shape index (κ3) is 5.76. The van der Waals surface area contributed by atoms with Gasteiger partial charge in [0.15, 0.2) is 0 Å². The minimum absolute atomic E-state index is 0.0267. The summed E-state index contributed by atoms with van der Waals surface area (Å²) in [5.41, 5.74) is 3.02. The molecule has 2 amide bonds. The van der Waals surface area contributed by atoms with E-state index < -0.39 is 0 Å². The maximum atomic E-state index is 12.9. The van der Waals surface area contributed by atoms with E-state index in [1.807, 2.05) is 49.6 Å². The van der Waals surface area contributed by atoms with Gasteiger partial charge in [0, 0.05) is 61.2 Å². The number of rotatable bonds is 4. The topological polar surface area (TPSA) is 52.7 Å². The average Bonchev–Trinajstić information content (AvgIpc) is 2.70. The van der Waals surface area contributed by atoms with Crippen LogP contribution in [0.4, 0.5) is 5.69 Å². The van der Waals surface area contributed by atoms with Gasteiger partial charge in [-0.05, 0) is 37.0 Å². The molecule has 0 unspecified atom stereocenters. The molecule has 0 spiro atoms. The van der Waals surface area contributed by atoms with Gasteiger partial charge in [-0.25, -0.2) is 0 Å². The Morgan fingerprint density at radius 1 is 1.10 bits per heavy atom. The van der Waals surface area contributed by atoms with Gasteiger partial charge in [0.2, 0.25) is 11.8 Å². The molecule has 3 rings (SSSR count). The SMILES string of the molecule is Cc1c(CN2CCSCC2)cccc1NC(=O)C1CCN(C(=O)C(C)(C)C)CC1. The summed E-state index contributed by atoms with van der Waals surface area (Å²) in [5.74, 6) is 2.64. The van der Waals surface area contributed by atoms with Crippen LogP contribution in [0.25, 0.3) is 0 Å². The van der Waals surface area contributed by atoms with Gasteiger partial charge in [0.05, 0.1) is 0 Å². The van der Waals surface area contributed by atoms with Gasteiger partial charge in [0.25, 0.3) is 0 Å². The van der Waals surface area contributed by atoms with Gasteiger partial charge in [-0.1, -0.05) is 32.9 Å². The second-order valence-electron chi connectivity index (χ2n) is 9.28. The molecule has 2 saturated heterocycles. The van der Waals surface area contributed by atoms with Crippen molar-refractivity contribution in [1.82, 2.24) is 9.80 Å². The Labute approximate surface area is 179 Å². The highest BCUT2D eigenvalue weighted by Gasteiger charge is 2.32. The fourth-order valence-electron chi connectivity index (χ4n) is 4.04. The number of carbonyl (C=O) groups is 2. The van der Waals surface area contributed by atoms with Crippen LogP contribution in [0.1, 0.15) is 44.7 Å². The lowest BCUT2D eigenvalue weighted by molar-refractivity contribution is -0.142. The number of nitrogens with zero attached hydrogens (tertiary/aromatic N) is 2. The van der Waals surface area contributed by atoms with E-state index in [0.29, 0.717) is 13.1 Å². The van der Waals surface area contributed by atoms with Gasteiger partial charge in [0.1, 0.15) is 0 Å². The second kappa shape index (κ2) is 9.52.